The van der Waals surface area contributed by atoms with Crippen molar-refractivity contribution in [1.29, 1.82) is 0 Å². The summed E-state index contributed by atoms with van der Waals surface area (Å²) in [5.74, 6) is -0.0147. The summed E-state index contributed by atoms with van der Waals surface area (Å²) in [5.41, 5.74) is 3.12. The molecule has 0 radical (unpaired) electrons. The van der Waals surface area contributed by atoms with Gasteiger partial charge in [-0.25, -0.2) is 22.8 Å². The van der Waals surface area contributed by atoms with Crippen LogP contribution in [-0.4, -0.2) is 52.5 Å². The summed E-state index contributed by atoms with van der Waals surface area (Å²) in [6, 6.07) is 6.15. The molecule has 34 heavy (non-hydrogen) atoms. The average molecular weight is 481 g/mol. The third kappa shape index (κ3) is 4.25. The van der Waals surface area contributed by atoms with E-state index >= 15 is 0 Å². The van der Waals surface area contributed by atoms with Crippen LogP contribution in [0.25, 0.3) is 22.2 Å². The van der Waals surface area contributed by atoms with Gasteiger partial charge in [0.1, 0.15) is 10.7 Å². The molecule has 1 aliphatic rings. The predicted octanol–water partition coefficient (Wildman–Crippen LogP) is 3.83. The Bertz CT molecular complexity index is 1440. The van der Waals surface area contributed by atoms with E-state index in [4.69, 9.17) is 0 Å². The molecule has 0 N–H and O–H groups in total. The van der Waals surface area contributed by atoms with E-state index < -0.39 is 15.7 Å². The Labute approximate surface area is 197 Å². The number of aromatic nitrogens is 5. The lowest BCUT2D eigenvalue weighted by atomic mass is 10.1. The molecule has 0 bridgehead atoms. The van der Waals surface area contributed by atoms with Crippen molar-refractivity contribution >= 4 is 26.7 Å². The average Bonchev–Trinajstić information content (AvgIpc) is 3.27. The molecule has 1 aliphatic heterocycles. The topological polar surface area (TPSA) is 93.9 Å². The Balaban J connectivity index is 1.34. The number of aryl methyl sites for hydroxylation is 1. The van der Waals surface area contributed by atoms with Crippen LogP contribution in [0.3, 0.4) is 0 Å². The highest BCUT2D eigenvalue weighted by Crippen LogP contribution is 2.30. The van der Waals surface area contributed by atoms with Crippen molar-refractivity contribution in [3.63, 3.8) is 0 Å². The maximum atomic E-state index is 14.3. The van der Waals surface area contributed by atoms with Crippen LogP contribution >= 0.6 is 0 Å². The summed E-state index contributed by atoms with van der Waals surface area (Å²) in [7, 11) is -3.62. The number of anilines is 1. The van der Waals surface area contributed by atoms with Gasteiger partial charge in [-0.3, -0.25) is 9.67 Å². The zero-order valence-corrected chi connectivity index (χ0v) is 19.8. The van der Waals surface area contributed by atoms with Gasteiger partial charge in [0.15, 0.2) is 9.84 Å². The van der Waals surface area contributed by atoms with Crippen LogP contribution in [0.4, 0.5) is 10.3 Å². The number of nitrogens with zero attached hydrogens (tertiary/aromatic N) is 6. The van der Waals surface area contributed by atoms with Gasteiger partial charge in [0.25, 0.3) is 0 Å². The van der Waals surface area contributed by atoms with Crippen LogP contribution < -0.4 is 4.90 Å². The predicted molar refractivity (Wildman–Crippen MR) is 128 cm³/mol. The number of halogens is 1. The Kier molecular flexibility index (Phi) is 5.76. The standard InChI is InChI=1S/C24H25FN6O2S/c1-3-16-12-27-24(28-13-16)30-8-6-19(7-9-30)31-22-15-26-21(11-18(22)14-29-31)17-4-5-23(20(25)10-17)34(2,32)33/h4-5,10-15,19H,3,6-9H2,1-2H3. The maximum Gasteiger partial charge on any atom is 0.225 e. The van der Waals surface area contributed by atoms with Gasteiger partial charge in [0, 0.05) is 42.7 Å². The Morgan fingerprint density at radius 2 is 1.76 bits per heavy atom. The van der Waals surface area contributed by atoms with Crippen molar-refractivity contribution < 1.29 is 12.8 Å². The lowest BCUT2D eigenvalue weighted by molar-refractivity contribution is 0.373. The zero-order chi connectivity index (χ0) is 23.9. The smallest absolute Gasteiger partial charge is 0.225 e. The van der Waals surface area contributed by atoms with Gasteiger partial charge in [-0.2, -0.15) is 5.10 Å². The molecule has 4 heterocycles. The minimum atomic E-state index is -3.62. The largest absolute Gasteiger partial charge is 0.341 e. The van der Waals surface area contributed by atoms with Crippen LogP contribution in [0.15, 0.2) is 53.9 Å². The van der Waals surface area contributed by atoms with E-state index in [1.54, 1.807) is 18.5 Å². The van der Waals surface area contributed by atoms with Crippen molar-refractivity contribution in [2.24, 2.45) is 0 Å². The highest BCUT2D eigenvalue weighted by Gasteiger charge is 2.24. The number of hydrogen-bond donors (Lipinski definition) is 0. The number of pyridine rings is 1. The summed E-state index contributed by atoms with van der Waals surface area (Å²) in [6.07, 6.45) is 11.1. The molecule has 5 rings (SSSR count). The molecular weight excluding hydrogens is 455 g/mol. The van der Waals surface area contributed by atoms with Gasteiger partial charge in [0.05, 0.1) is 29.6 Å². The first-order valence-electron chi connectivity index (χ1n) is 11.2. The molecule has 8 nitrogen and oxygen atoms in total. The number of rotatable bonds is 5. The Morgan fingerprint density at radius 3 is 2.41 bits per heavy atom. The molecule has 0 atom stereocenters. The van der Waals surface area contributed by atoms with E-state index in [0.717, 1.165) is 61.0 Å². The quantitative estimate of drug-likeness (QED) is 0.428. The Morgan fingerprint density at radius 1 is 1.03 bits per heavy atom. The summed E-state index contributed by atoms with van der Waals surface area (Å²) in [5, 5.41) is 5.51. The van der Waals surface area contributed by atoms with Gasteiger partial charge in [-0.1, -0.05) is 13.0 Å². The molecule has 0 aliphatic carbocycles. The fraction of sp³-hybridized carbons (Fsp3) is 0.333. The minimum Gasteiger partial charge on any atom is -0.341 e. The van der Waals surface area contributed by atoms with E-state index in [2.05, 4.69) is 31.9 Å². The fourth-order valence-corrected chi connectivity index (χ4v) is 5.09. The van der Waals surface area contributed by atoms with Crippen LogP contribution in [0, 0.1) is 5.82 Å². The van der Waals surface area contributed by atoms with E-state index in [-0.39, 0.29) is 10.9 Å². The third-order valence-corrected chi connectivity index (χ3v) is 7.43. The molecule has 4 aromatic rings. The molecule has 1 saturated heterocycles. The SMILES string of the molecule is CCc1cnc(N2CCC(n3ncc4cc(-c5ccc(S(C)(=O)=O)c(F)c5)ncc43)CC2)nc1. The van der Waals surface area contributed by atoms with Crippen LogP contribution in [0.2, 0.25) is 0 Å². The van der Waals surface area contributed by atoms with Crippen molar-refractivity contribution in [3.8, 4) is 11.3 Å². The first kappa shape index (κ1) is 22.4. The molecule has 1 aromatic carbocycles. The van der Waals surface area contributed by atoms with Crippen LogP contribution in [0.1, 0.15) is 31.4 Å². The van der Waals surface area contributed by atoms with Crippen molar-refractivity contribution in [1.82, 2.24) is 24.7 Å². The van der Waals surface area contributed by atoms with Crippen LogP contribution in [-0.2, 0) is 16.3 Å². The number of piperidine rings is 1. The van der Waals surface area contributed by atoms with E-state index in [9.17, 15) is 12.8 Å². The lowest BCUT2D eigenvalue weighted by Crippen LogP contribution is -2.36. The highest BCUT2D eigenvalue weighted by molar-refractivity contribution is 7.90. The second kappa shape index (κ2) is 8.75. The second-order valence-corrected chi connectivity index (χ2v) is 10.6. The molecule has 3 aromatic heterocycles. The summed E-state index contributed by atoms with van der Waals surface area (Å²) in [4.78, 5) is 15.4. The molecule has 1 fully saturated rings. The zero-order valence-electron chi connectivity index (χ0n) is 19.0. The van der Waals surface area contributed by atoms with E-state index in [1.807, 2.05) is 23.1 Å². The molecule has 0 amide bonds. The van der Waals surface area contributed by atoms with Crippen LogP contribution in [0.5, 0.6) is 0 Å². The summed E-state index contributed by atoms with van der Waals surface area (Å²) < 4.78 is 39.7. The van der Waals surface area contributed by atoms with E-state index in [1.165, 1.54) is 12.1 Å². The van der Waals surface area contributed by atoms with Gasteiger partial charge in [0.2, 0.25) is 5.95 Å². The number of fused-ring (bicyclic) bond motifs is 1. The van der Waals surface area contributed by atoms with Crippen molar-refractivity contribution in [2.75, 3.05) is 24.2 Å². The number of hydrogen-bond acceptors (Lipinski definition) is 7. The number of sulfone groups is 1. The molecule has 0 saturated carbocycles. The molecule has 0 unspecified atom stereocenters. The molecule has 176 valence electrons. The monoisotopic (exact) mass is 480 g/mol. The van der Waals surface area contributed by atoms with Crippen molar-refractivity contribution in [2.45, 2.75) is 37.1 Å². The third-order valence-electron chi connectivity index (χ3n) is 6.30. The molecular formula is C24H25FN6O2S. The van der Waals surface area contributed by atoms with Gasteiger partial charge >= 0.3 is 0 Å². The van der Waals surface area contributed by atoms with Crippen molar-refractivity contribution in [3.05, 3.63) is 60.4 Å². The van der Waals surface area contributed by atoms with Gasteiger partial charge < -0.3 is 4.90 Å². The highest BCUT2D eigenvalue weighted by atomic mass is 32.2. The minimum absolute atomic E-state index is 0.239. The van der Waals surface area contributed by atoms with Gasteiger partial charge in [-0.05, 0) is 43.0 Å². The Hall–Kier alpha value is -3.40. The summed E-state index contributed by atoms with van der Waals surface area (Å²) >= 11 is 0. The normalized spacial score (nSPS) is 15.2. The van der Waals surface area contributed by atoms with Gasteiger partial charge in [-0.15, -0.1) is 0 Å². The first-order chi connectivity index (χ1) is 16.3. The first-order valence-corrected chi connectivity index (χ1v) is 13.1. The summed E-state index contributed by atoms with van der Waals surface area (Å²) in [6.45, 7) is 3.77. The number of benzene rings is 1. The fourth-order valence-electron chi connectivity index (χ4n) is 4.36. The molecule has 10 heteroatoms. The lowest BCUT2D eigenvalue weighted by Gasteiger charge is -2.32. The second-order valence-electron chi connectivity index (χ2n) is 8.60. The maximum absolute atomic E-state index is 14.3. The van der Waals surface area contributed by atoms with E-state index in [0.29, 0.717) is 11.3 Å². The molecule has 0 spiro atoms.